The van der Waals surface area contributed by atoms with E-state index in [4.69, 9.17) is 18.6 Å². The maximum Gasteiger partial charge on any atom is 0.335 e. The second-order valence-electron chi connectivity index (χ2n) is 2.03. The van der Waals surface area contributed by atoms with Crippen LogP contribution < -0.4 is 9.78 Å². The van der Waals surface area contributed by atoms with Crippen LogP contribution in [0.25, 0.3) is 0 Å². The van der Waals surface area contributed by atoms with Gasteiger partial charge in [-0.3, -0.25) is 0 Å². The van der Waals surface area contributed by atoms with Crippen molar-refractivity contribution in [1.82, 2.24) is 0 Å². The van der Waals surface area contributed by atoms with Gasteiger partial charge in [0.05, 0.1) is 12.5 Å². The zero-order valence-corrected chi connectivity index (χ0v) is 6.10. The molecule has 0 saturated carbocycles. The minimum absolute atomic E-state index is 0.284. The van der Waals surface area contributed by atoms with E-state index in [2.05, 4.69) is 0 Å². The molecule has 0 amide bonds. The molecule has 0 radical (unpaired) electrons. The summed E-state index contributed by atoms with van der Waals surface area (Å²) in [6, 6.07) is 6.65. The van der Waals surface area contributed by atoms with Gasteiger partial charge in [-0.25, -0.2) is 9.78 Å². The summed E-state index contributed by atoms with van der Waals surface area (Å²) in [5, 5.41) is 0. The van der Waals surface area contributed by atoms with Gasteiger partial charge in [0.1, 0.15) is 0 Å². The van der Waals surface area contributed by atoms with Gasteiger partial charge in [0.2, 0.25) is 0 Å². The van der Waals surface area contributed by atoms with Crippen molar-refractivity contribution in [2.24, 2.45) is 0 Å². The Bertz CT molecular complexity index is 274. The molecule has 0 aliphatic carbocycles. The summed E-state index contributed by atoms with van der Waals surface area (Å²) >= 11 is 0. The van der Waals surface area contributed by atoms with Crippen LogP contribution >= 0.6 is 0 Å². The normalized spacial score (nSPS) is 9.67. The Balaban J connectivity index is 1.91. The molecule has 2 heterocycles. The summed E-state index contributed by atoms with van der Waals surface area (Å²) in [6.07, 6.45) is 2.97. The van der Waals surface area contributed by atoms with E-state index in [1.54, 1.807) is 24.3 Å². The fourth-order valence-electron chi connectivity index (χ4n) is 0.704. The highest BCUT2D eigenvalue weighted by molar-refractivity contribution is 5.06. The molecule has 4 nitrogen and oxygen atoms in total. The summed E-state index contributed by atoms with van der Waals surface area (Å²) in [4.78, 5) is 9.46. The monoisotopic (exact) mass is 166 g/mol. The third kappa shape index (κ3) is 1.42. The number of hydrogen-bond donors (Lipinski definition) is 0. The molecule has 0 saturated heterocycles. The molecule has 0 fully saturated rings. The van der Waals surface area contributed by atoms with Crippen molar-refractivity contribution in [3.05, 3.63) is 36.8 Å². The van der Waals surface area contributed by atoms with Crippen LogP contribution in [0.2, 0.25) is 0 Å². The van der Waals surface area contributed by atoms with Gasteiger partial charge in [0, 0.05) is 12.1 Å². The lowest BCUT2D eigenvalue weighted by atomic mass is 10.7. The molecule has 0 aliphatic rings. The highest BCUT2D eigenvalue weighted by Crippen LogP contribution is 2.14. The van der Waals surface area contributed by atoms with E-state index in [1.807, 2.05) is 0 Å². The molecule has 2 aromatic heterocycles. The van der Waals surface area contributed by atoms with Gasteiger partial charge >= 0.3 is 11.9 Å². The SMILES string of the molecule is c1coc(OOc2ccco2)c1. The minimum Gasteiger partial charge on any atom is -0.431 e. The number of rotatable bonds is 3. The van der Waals surface area contributed by atoms with Crippen LogP contribution in [0.5, 0.6) is 11.9 Å². The average Bonchev–Trinajstić information content (AvgIpc) is 2.74. The Morgan fingerprint density at radius 2 is 1.33 bits per heavy atom. The molecule has 0 aromatic carbocycles. The summed E-state index contributed by atoms with van der Waals surface area (Å²) in [5.74, 6) is 0.567. The summed E-state index contributed by atoms with van der Waals surface area (Å²) in [5.41, 5.74) is 0. The molecule has 0 atom stereocenters. The van der Waals surface area contributed by atoms with Crippen molar-refractivity contribution >= 4 is 0 Å². The van der Waals surface area contributed by atoms with Crippen molar-refractivity contribution in [2.75, 3.05) is 0 Å². The molecule has 2 rings (SSSR count). The highest BCUT2D eigenvalue weighted by atomic mass is 17.2. The van der Waals surface area contributed by atoms with Crippen molar-refractivity contribution < 1.29 is 18.6 Å². The molecule has 0 spiro atoms. The molecule has 0 N–H and O–H groups in total. The van der Waals surface area contributed by atoms with Crippen LogP contribution in [-0.4, -0.2) is 0 Å². The first-order chi connectivity index (χ1) is 5.95. The maximum absolute atomic E-state index is 4.84. The Morgan fingerprint density at radius 1 is 0.833 bits per heavy atom. The Morgan fingerprint density at radius 3 is 1.67 bits per heavy atom. The van der Waals surface area contributed by atoms with Gasteiger partial charge in [-0.15, -0.1) is 0 Å². The lowest BCUT2D eigenvalue weighted by molar-refractivity contribution is -0.135. The topological polar surface area (TPSA) is 44.7 Å². The standard InChI is InChI=1S/C8H6O4/c1-3-7(9-5-1)11-12-8-4-2-6-10-8/h1-6H. The van der Waals surface area contributed by atoms with Gasteiger partial charge in [-0.05, 0) is 12.1 Å². The van der Waals surface area contributed by atoms with E-state index in [1.165, 1.54) is 12.5 Å². The molecule has 0 aliphatic heterocycles. The quantitative estimate of drug-likeness (QED) is 0.518. The summed E-state index contributed by atoms with van der Waals surface area (Å²) in [7, 11) is 0. The molecule has 12 heavy (non-hydrogen) atoms. The van der Waals surface area contributed by atoms with Crippen LogP contribution in [0.15, 0.2) is 45.6 Å². The van der Waals surface area contributed by atoms with E-state index in [9.17, 15) is 0 Å². The first-order valence-corrected chi connectivity index (χ1v) is 3.37. The largest absolute Gasteiger partial charge is 0.431 e. The van der Waals surface area contributed by atoms with Crippen molar-refractivity contribution in [1.29, 1.82) is 0 Å². The Labute approximate surface area is 68.2 Å². The van der Waals surface area contributed by atoms with Crippen LogP contribution in [-0.2, 0) is 0 Å². The zero-order chi connectivity index (χ0) is 8.23. The molecule has 0 bridgehead atoms. The van der Waals surface area contributed by atoms with Gasteiger partial charge in [-0.2, -0.15) is 0 Å². The number of furan rings is 2. The zero-order valence-electron chi connectivity index (χ0n) is 6.10. The smallest absolute Gasteiger partial charge is 0.335 e. The molecule has 0 unspecified atom stereocenters. The third-order valence-electron chi connectivity index (χ3n) is 1.20. The first kappa shape index (κ1) is 6.84. The van der Waals surface area contributed by atoms with Gasteiger partial charge in [0.15, 0.2) is 0 Å². The van der Waals surface area contributed by atoms with Crippen LogP contribution in [0.3, 0.4) is 0 Å². The maximum atomic E-state index is 4.84. The second kappa shape index (κ2) is 3.04. The third-order valence-corrected chi connectivity index (χ3v) is 1.20. The van der Waals surface area contributed by atoms with Crippen LogP contribution in [0.4, 0.5) is 0 Å². The Hall–Kier alpha value is -1.84. The van der Waals surface area contributed by atoms with E-state index in [-0.39, 0.29) is 11.9 Å². The Kier molecular flexibility index (Phi) is 1.74. The molecule has 62 valence electrons. The second-order valence-corrected chi connectivity index (χ2v) is 2.03. The minimum atomic E-state index is 0.284. The van der Waals surface area contributed by atoms with E-state index in [0.29, 0.717) is 0 Å². The average molecular weight is 166 g/mol. The summed E-state index contributed by atoms with van der Waals surface area (Å²) < 4.78 is 9.69. The van der Waals surface area contributed by atoms with Gasteiger partial charge in [-0.1, -0.05) is 0 Å². The van der Waals surface area contributed by atoms with E-state index in [0.717, 1.165) is 0 Å². The predicted octanol–water partition coefficient (Wildman–Crippen LogP) is 2.25. The first-order valence-electron chi connectivity index (χ1n) is 3.37. The fraction of sp³-hybridized carbons (Fsp3) is 0. The number of hydrogen-bond acceptors (Lipinski definition) is 4. The summed E-state index contributed by atoms with van der Waals surface area (Å²) in [6.45, 7) is 0. The van der Waals surface area contributed by atoms with Crippen LogP contribution in [0.1, 0.15) is 0 Å². The van der Waals surface area contributed by atoms with Gasteiger partial charge in [0.25, 0.3) is 0 Å². The van der Waals surface area contributed by atoms with E-state index < -0.39 is 0 Å². The lowest BCUT2D eigenvalue weighted by Crippen LogP contribution is -1.97. The van der Waals surface area contributed by atoms with Crippen molar-refractivity contribution in [3.8, 4) is 11.9 Å². The van der Waals surface area contributed by atoms with Crippen molar-refractivity contribution in [3.63, 3.8) is 0 Å². The molecule has 2 aromatic rings. The van der Waals surface area contributed by atoms with E-state index >= 15 is 0 Å². The van der Waals surface area contributed by atoms with Gasteiger partial charge < -0.3 is 8.83 Å². The predicted molar refractivity (Wildman–Crippen MR) is 38.7 cm³/mol. The van der Waals surface area contributed by atoms with Crippen LogP contribution in [0, 0.1) is 0 Å². The lowest BCUT2D eigenvalue weighted by Gasteiger charge is -1.96. The molecule has 4 heteroatoms. The van der Waals surface area contributed by atoms with Crippen molar-refractivity contribution in [2.45, 2.75) is 0 Å². The molecular formula is C8H6O4. The molecular weight excluding hydrogens is 160 g/mol. The highest BCUT2D eigenvalue weighted by Gasteiger charge is 2.00. The fourth-order valence-corrected chi connectivity index (χ4v) is 0.704.